The lowest BCUT2D eigenvalue weighted by Crippen LogP contribution is -2.40. The van der Waals surface area contributed by atoms with Crippen LogP contribution in [0.25, 0.3) is 0 Å². The molecule has 0 unspecified atom stereocenters. The average Bonchev–Trinajstić information content (AvgIpc) is 3.16. The summed E-state index contributed by atoms with van der Waals surface area (Å²) in [6.45, 7) is 2.54. The fraction of sp³-hybridized carbons (Fsp3) is 0.350. The Morgan fingerprint density at radius 1 is 1.14 bits per heavy atom. The SMILES string of the molecule is O=C(Nc1ccc(Cl)c(N2CCNC2=O)c1)N1CCC(c2ccncc2)CC1. The Balaban J connectivity index is 1.38. The van der Waals surface area contributed by atoms with Crippen LogP contribution in [0.4, 0.5) is 21.0 Å². The number of likely N-dealkylation sites (tertiary alicyclic amines) is 1. The maximum atomic E-state index is 12.7. The van der Waals surface area contributed by atoms with Crippen molar-refractivity contribution in [3.63, 3.8) is 0 Å². The van der Waals surface area contributed by atoms with Crippen LogP contribution in [-0.2, 0) is 0 Å². The molecule has 0 saturated carbocycles. The fourth-order valence-corrected chi connectivity index (χ4v) is 3.97. The van der Waals surface area contributed by atoms with Gasteiger partial charge < -0.3 is 15.5 Å². The van der Waals surface area contributed by atoms with E-state index in [0.29, 0.717) is 48.5 Å². The highest BCUT2D eigenvalue weighted by Gasteiger charge is 2.26. The number of amides is 4. The molecule has 0 aliphatic carbocycles. The third kappa shape index (κ3) is 3.89. The molecule has 7 nitrogen and oxygen atoms in total. The lowest BCUT2D eigenvalue weighted by Gasteiger charge is -2.32. The Kier molecular flexibility index (Phi) is 5.34. The number of nitrogens with one attached hydrogen (secondary N) is 2. The van der Waals surface area contributed by atoms with Crippen LogP contribution in [0, 0.1) is 0 Å². The summed E-state index contributed by atoms with van der Waals surface area (Å²) in [5.41, 5.74) is 2.51. The van der Waals surface area contributed by atoms with Gasteiger partial charge >= 0.3 is 12.1 Å². The van der Waals surface area contributed by atoms with E-state index >= 15 is 0 Å². The summed E-state index contributed by atoms with van der Waals surface area (Å²) in [6, 6.07) is 8.98. The molecule has 2 aliphatic heterocycles. The third-order valence-electron chi connectivity index (χ3n) is 5.30. The fourth-order valence-electron chi connectivity index (χ4n) is 3.75. The van der Waals surface area contributed by atoms with E-state index < -0.39 is 0 Å². The number of benzene rings is 1. The molecule has 4 amide bonds. The van der Waals surface area contributed by atoms with Gasteiger partial charge in [0.15, 0.2) is 0 Å². The number of carbonyl (C=O) groups is 2. The zero-order valence-electron chi connectivity index (χ0n) is 15.4. The zero-order valence-corrected chi connectivity index (χ0v) is 16.2. The number of pyridine rings is 1. The third-order valence-corrected chi connectivity index (χ3v) is 5.62. The van der Waals surface area contributed by atoms with E-state index in [0.717, 1.165) is 12.8 Å². The Morgan fingerprint density at radius 2 is 1.89 bits per heavy atom. The van der Waals surface area contributed by atoms with Gasteiger partial charge in [0.2, 0.25) is 0 Å². The Labute approximate surface area is 168 Å². The predicted octanol–water partition coefficient (Wildman–Crippen LogP) is 3.68. The van der Waals surface area contributed by atoms with Crippen LogP contribution in [0.2, 0.25) is 5.02 Å². The number of urea groups is 2. The van der Waals surface area contributed by atoms with Gasteiger partial charge in [-0.25, -0.2) is 9.59 Å². The molecular formula is C20H22ClN5O2. The number of nitrogens with zero attached hydrogens (tertiary/aromatic N) is 3. The second-order valence-electron chi connectivity index (χ2n) is 7.02. The first-order valence-corrected chi connectivity index (χ1v) is 9.80. The van der Waals surface area contributed by atoms with Crippen molar-refractivity contribution in [3.05, 3.63) is 53.3 Å². The topological polar surface area (TPSA) is 77.6 Å². The molecule has 8 heteroatoms. The van der Waals surface area contributed by atoms with E-state index in [2.05, 4.69) is 15.6 Å². The first kappa shape index (κ1) is 18.6. The number of piperidine rings is 1. The number of carbonyl (C=O) groups excluding carboxylic acids is 2. The molecule has 1 aromatic carbocycles. The smallest absolute Gasteiger partial charge is 0.322 e. The second kappa shape index (κ2) is 8.06. The molecule has 4 rings (SSSR count). The first-order chi connectivity index (χ1) is 13.6. The van der Waals surface area contributed by atoms with Gasteiger partial charge in [0.05, 0.1) is 10.7 Å². The van der Waals surface area contributed by atoms with Crippen LogP contribution < -0.4 is 15.5 Å². The molecular weight excluding hydrogens is 378 g/mol. The Morgan fingerprint density at radius 3 is 2.57 bits per heavy atom. The highest BCUT2D eigenvalue weighted by atomic mass is 35.5. The molecule has 1 aromatic heterocycles. The lowest BCUT2D eigenvalue weighted by molar-refractivity contribution is 0.194. The summed E-state index contributed by atoms with van der Waals surface area (Å²) in [4.78, 5) is 32.1. The molecule has 146 valence electrons. The molecule has 0 radical (unpaired) electrons. The molecule has 0 bridgehead atoms. The lowest BCUT2D eigenvalue weighted by atomic mass is 9.90. The summed E-state index contributed by atoms with van der Waals surface area (Å²) < 4.78 is 0. The van der Waals surface area contributed by atoms with Crippen LogP contribution in [0.3, 0.4) is 0 Å². The van der Waals surface area contributed by atoms with Crippen molar-refractivity contribution in [1.29, 1.82) is 0 Å². The predicted molar refractivity (Wildman–Crippen MR) is 109 cm³/mol. The summed E-state index contributed by atoms with van der Waals surface area (Å²) in [5, 5.41) is 6.17. The van der Waals surface area contributed by atoms with Crippen LogP contribution in [0.15, 0.2) is 42.7 Å². The standard InChI is InChI=1S/C20H22ClN5O2/c21-17-2-1-16(13-18(17)26-12-9-23-19(26)27)24-20(28)25-10-5-15(6-11-25)14-3-7-22-8-4-14/h1-4,7-8,13,15H,5-6,9-12H2,(H,23,27)(H,24,28). The highest BCUT2D eigenvalue weighted by molar-refractivity contribution is 6.34. The molecule has 28 heavy (non-hydrogen) atoms. The minimum Gasteiger partial charge on any atom is -0.336 e. The quantitative estimate of drug-likeness (QED) is 0.826. The van der Waals surface area contributed by atoms with Gasteiger partial charge in [-0.05, 0) is 54.7 Å². The monoisotopic (exact) mass is 399 g/mol. The van der Waals surface area contributed by atoms with Gasteiger partial charge in [0.1, 0.15) is 0 Å². The summed E-state index contributed by atoms with van der Waals surface area (Å²) in [5.74, 6) is 0.461. The van der Waals surface area contributed by atoms with E-state index in [4.69, 9.17) is 11.6 Å². The summed E-state index contributed by atoms with van der Waals surface area (Å²) in [7, 11) is 0. The van der Waals surface area contributed by atoms with Crippen LogP contribution in [0.5, 0.6) is 0 Å². The molecule has 2 aliphatic rings. The minimum absolute atomic E-state index is 0.132. The molecule has 2 fully saturated rings. The second-order valence-corrected chi connectivity index (χ2v) is 7.43. The number of aromatic nitrogens is 1. The number of halogens is 1. The van der Waals surface area contributed by atoms with Gasteiger partial charge in [0.25, 0.3) is 0 Å². The molecule has 2 saturated heterocycles. The van der Waals surface area contributed by atoms with E-state index in [1.54, 1.807) is 23.1 Å². The number of rotatable bonds is 3. The van der Waals surface area contributed by atoms with E-state index in [9.17, 15) is 9.59 Å². The Hall–Kier alpha value is -2.80. The molecule has 2 N–H and O–H groups in total. The molecule has 2 aromatic rings. The Bertz CT molecular complexity index is 868. The maximum absolute atomic E-state index is 12.7. The van der Waals surface area contributed by atoms with Gasteiger partial charge in [-0.1, -0.05) is 11.6 Å². The van der Waals surface area contributed by atoms with Gasteiger partial charge in [-0.3, -0.25) is 9.88 Å². The van der Waals surface area contributed by atoms with E-state index in [1.807, 2.05) is 29.4 Å². The van der Waals surface area contributed by atoms with Crippen molar-refractivity contribution in [2.24, 2.45) is 0 Å². The maximum Gasteiger partial charge on any atom is 0.322 e. The van der Waals surface area contributed by atoms with Crippen molar-refractivity contribution in [3.8, 4) is 0 Å². The van der Waals surface area contributed by atoms with Gasteiger partial charge in [0, 0.05) is 44.3 Å². The summed E-state index contributed by atoms with van der Waals surface area (Å²) >= 11 is 6.25. The highest BCUT2D eigenvalue weighted by Crippen LogP contribution is 2.31. The number of anilines is 2. The van der Waals surface area contributed by atoms with Crippen molar-refractivity contribution < 1.29 is 9.59 Å². The van der Waals surface area contributed by atoms with E-state index in [-0.39, 0.29) is 12.1 Å². The first-order valence-electron chi connectivity index (χ1n) is 9.42. The van der Waals surface area contributed by atoms with Crippen molar-refractivity contribution in [1.82, 2.24) is 15.2 Å². The van der Waals surface area contributed by atoms with Gasteiger partial charge in [-0.15, -0.1) is 0 Å². The molecule has 0 atom stereocenters. The molecule has 0 spiro atoms. The van der Waals surface area contributed by atoms with Crippen LogP contribution in [-0.4, -0.2) is 48.1 Å². The number of hydrogen-bond acceptors (Lipinski definition) is 3. The molecule has 3 heterocycles. The zero-order chi connectivity index (χ0) is 19.5. The van der Waals surface area contributed by atoms with Crippen molar-refractivity contribution in [2.75, 3.05) is 36.4 Å². The van der Waals surface area contributed by atoms with Crippen molar-refractivity contribution >= 4 is 35.0 Å². The van der Waals surface area contributed by atoms with Crippen LogP contribution in [0.1, 0.15) is 24.3 Å². The number of hydrogen-bond donors (Lipinski definition) is 2. The van der Waals surface area contributed by atoms with Crippen LogP contribution >= 0.6 is 11.6 Å². The van der Waals surface area contributed by atoms with Gasteiger partial charge in [-0.2, -0.15) is 0 Å². The largest absolute Gasteiger partial charge is 0.336 e. The van der Waals surface area contributed by atoms with E-state index in [1.165, 1.54) is 5.56 Å². The minimum atomic E-state index is -0.177. The average molecular weight is 400 g/mol. The van der Waals surface area contributed by atoms with Crippen molar-refractivity contribution in [2.45, 2.75) is 18.8 Å². The summed E-state index contributed by atoms with van der Waals surface area (Å²) in [6.07, 6.45) is 5.48. The normalized spacial score (nSPS) is 17.5.